The number of anilines is 1. The molecule has 3 heteroatoms. The first-order chi connectivity index (χ1) is 6.24. The summed E-state index contributed by atoms with van der Waals surface area (Å²) in [5, 5.41) is 0. The Labute approximate surface area is 81.6 Å². The molecule has 1 aromatic carbocycles. The molecular weight excluding hydrogens is 182 g/mol. The fourth-order valence-corrected chi connectivity index (χ4v) is 2.24. The number of hydrogen-bond donors (Lipinski definition) is 1. The van der Waals surface area contributed by atoms with Crippen LogP contribution in [0.5, 0.6) is 0 Å². The zero-order chi connectivity index (χ0) is 9.68. The first kappa shape index (κ1) is 10.3. The zero-order valence-corrected chi connectivity index (χ0v) is 8.64. The summed E-state index contributed by atoms with van der Waals surface area (Å²) in [4.78, 5) is 0.877. The van der Waals surface area contributed by atoms with Gasteiger partial charge in [0, 0.05) is 16.3 Å². The van der Waals surface area contributed by atoms with E-state index in [1.54, 1.807) is 12.1 Å². The average molecular weight is 197 g/mol. The van der Waals surface area contributed by atoms with E-state index in [9.17, 15) is 4.21 Å². The molecule has 0 aliphatic rings. The SMILES string of the molecule is CCCCS(=O)c1ccc(N)cc1. The maximum absolute atomic E-state index is 11.6. The van der Waals surface area contributed by atoms with Crippen LogP contribution in [0.1, 0.15) is 19.8 Å². The van der Waals surface area contributed by atoms with Crippen molar-refractivity contribution >= 4 is 16.5 Å². The second kappa shape index (κ2) is 5.02. The van der Waals surface area contributed by atoms with Gasteiger partial charge < -0.3 is 5.73 Å². The molecule has 13 heavy (non-hydrogen) atoms. The first-order valence-corrected chi connectivity index (χ1v) is 5.80. The molecule has 2 N–H and O–H groups in total. The average Bonchev–Trinajstić information content (AvgIpc) is 2.15. The van der Waals surface area contributed by atoms with E-state index in [4.69, 9.17) is 5.73 Å². The second-order valence-corrected chi connectivity index (χ2v) is 4.54. The molecule has 1 rings (SSSR count). The lowest BCUT2D eigenvalue weighted by Crippen LogP contribution is -1.97. The highest BCUT2D eigenvalue weighted by molar-refractivity contribution is 7.85. The van der Waals surface area contributed by atoms with Gasteiger partial charge in [-0.25, -0.2) is 0 Å². The fraction of sp³-hybridized carbons (Fsp3) is 0.400. The van der Waals surface area contributed by atoms with E-state index in [2.05, 4.69) is 6.92 Å². The van der Waals surface area contributed by atoms with Gasteiger partial charge in [-0.2, -0.15) is 0 Å². The molecule has 0 radical (unpaired) electrons. The molecule has 0 saturated carbocycles. The highest BCUT2D eigenvalue weighted by Crippen LogP contribution is 2.10. The van der Waals surface area contributed by atoms with Crippen LogP contribution >= 0.6 is 0 Å². The van der Waals surface area contributed by atoms with Crippen molar-refractivity contribution in [3.05, 3.63) is 24.3 Å². The molecule has 0 aliphatic carbocycles. The molecule has 0 saturated heterocycles. The lowest BCUT2D eigenvalue weighted by molar-refractivity contribution is 0.679. The van der Waals surface area contributed by atoms with Gasteiger partial charge in [-0.05, 0) is 30.7 Å². The Morgan fingerprint density at radius 3 is 2.46 bits per heavy atom. The zero-order valence-electron chi connectivity index (χ0n) is 7.82. The topological polar surface area (TPSA) is 43.1 Å². The van der Waals surface area contributed by atoms with Gasteiger partial charge >= 0.3 is 0 Å². The van der Waals surface area contributed by atoms with Crippen molar-refractivity contribution in [1.29, 1.82) is 0 Å². The minimum absolute atomic E-state index is 0.719. The first-order valence-electron chi connectivity index (χ1n) is 4.48. The second-order valence-electron chi connectivity index (χ2n) is 2.97. The Balaban J connectivity index is 2.61. The molecular formula is C10H15NOS. The van der Waals surface area contributed by atoms with Crippen molar-refractivity contribution in [2.24, 2.45) is 0 Å². The maximum atomic E-state index is 11.6. The van der Waals surface area contributed by atoms with Crippen LogP contribution in [-0.4, -0.2) is 9.96 Å². The number of nitrogens with two attached hydrogens (primary N) is 1. The van der Waals surface area contributed by atoms with Crippen LogP contribution in [0.3, 0.4) is 0 Å². The highest BCUT2D eigenvalue weighted by Gasteiger charge is 2.01. The van der Waals surface area contributed by atoms with Crippen LogP contribution in [0.2, 0.25) is 0 Å². The van der Waals surface area contributed by atoms with Gasteiger partial charge in [0.1, 0.15) is 0 Å². The number of benzene rings is 1. The summed E-state index contributed by atoms with van der Waals surface area (Å²) in [6.45, 7) is 2.10. The normalized spacial score (nSPS) is 12.7. The standard InChI is InChI=1S/C10H15NOS/c1-2-3-8-13(12)10-6-4-9(11)5-7-10/h4-7H,2-3,8,11H2,1H3. The van der Waals surface area contributed by atoms with E-state index >= 15 is 0 Å². The van der Waals surface area contributed by atoms with Crippen molar-refractivity contribution in [1.82, 2.24) is 0 Å². The third-order valence-electron chi connectivity index (χ3n) is 1.83. The predicted octanol–water partition coefficient (Wildman–Crippen LogP) is 2.18. The summed E-state index contributed by atoms with van der Waals surface area (Å²) in [7, 11) is -0.847. The minimum atomic E-state index is -0.847. The summed E-state index contributed by atoms with van der Waals surface area (Å²) < 4.78 is 11.6. The summed E-state index contributed by atoms with van der Waals surface area (Å²) in [5.74, 6) is 0.750. The van der Waals surface area contributed by atoms with Crippen LogP contribution in [0.4, 0.5) is 5.69 Å². The van der Waals surface area contributed by atoms with Gasteiger partial charge in [0.2, 0.25) is 0 Å². The third-order valence-corrected chi connectivity index (χ3v) is 3.28. The van der Waals surface area contributed by atoms with E-state index in [0.717, 1.165) is 29.2 Å². The van der Waals surface area contributed by atoms with Crippen LogP contribution in [0.15, 0.2) is 29.2 Å². The smallest absolute Gasteiger partial charge is 0.0529 e. The molecule has 1 aromatic rings. The largest absolute Gasteiger partial charge is 0.399 e. The van der Waals surface area contributed by atoms with Crippen molar-refractivity contribution in [2.45, 2.75) is 24.7 Å². The molecule has 0 aliphatic heterocycles. The fourth-order valence-electron chi connectivity index (χ4n) is 1.01. The molecule has 1 atom stereocenters. The van der Waals surface area contributed by atoms with Gasteiger partial charge in [-0.3, -0.25) is 4.21 Å². The van der Waals surface area contributed by atoms with Crippen molar-refractivity contribution in [3.63, 3.8) is 0 Å². The summed E-state index contributed by atoms with van der Waals surface area (Å²) in [6, 6.07) is 7.25. The van der Waals surface area contributed by atoms with Gasteiger partial charge in [0.15, 0.2) is 0 Å². The molecule has 0 amide bonds. The maximum Gasteiger partial charge on any atom is 0.0529 e. The highest BCUT2D eigenvalue weighted by atomic mass is 32.2. The summed E-state index contributed by atoms with van der Waals surface area (Å²) in [5.41, 5.74) is 6.25. The molecule has 1 unspecified atom stereocenters. The predicted molar refractivity (Wildman–Crippen MR) is 57.0 cm³/mol. The van der Waals surface area contributed by atoms with Crippen LogP contribution in [0.25, 0.3) is 0 Å². The quantitative estimate of drug-likeness (QED) is 0.752. The summed E-state index contributed by atoms with van der Waals surface area (Å²) in [6.07, 6.45) is 2.09. The summed E-state index contributed by atoms with van der Waals surface area (Å²) >= 11 is 0. The van der Waals surface area contributed by atoms with E-state index in [1.807, 2.05) is 12.1 Å². The van der Waals surface area contributed by atoms with Crippen LogP contribution in [0, 0.1) is 0 Å². The van der Waals surface area contributed by atoms with Crippen molar-refractivity contribution < 1.29 is 4.21 Å². The number of rotatable bonds is 4. The van der Waals surface area contributed by atoms with E-state index in [1.165, 1.54) is 0 Å². The lowest BCUT2D eigenvalue weighted by Gasteiger charge is -2.01. The number of hydrogen-bond acceptors (Lipinski definition) is 2. The Morgan fingerprint density at radius 2 is 1.92 bits per heavy atom. The molecule has 2 nitrogen and oxygen atoms in total. The Morgan fingerprint density at radius 1 is 1.31 bits per heavy atom. The van der Waals surface area contributed by atoms with Gasteiger partial charge in [0.25, 0.3) is 0 Å². The van der Waals surface area contributed by atoms with Crippen molar-refractivity contribution in [2.75, 3.05) is 11.5 Å². The molecule has 0 aromatic heterocycles. The Hall–Kier alpha value is -0.830. The van der Waals surface area contributed by atoms with E-state index in [-0.39, 0.29) is 0 Å². The minimum Gasteiger partial charge on any atom is -0.399 e. The molecule has 0 bridgehead atoms. The van der Waals surface area contributed by atoms with Crippen LogP contribution < -0.4 is 5.73 Å². The van der Waals surface area contributed by atoms with Crippen LogP contribution in [-0.2, 0) is 10.8 Å². The van der Waals surface area contributed by atoms with E-state index in [0.29, 0.717) is 0 Å². The lowest BCUT2D eigenvalue weighted by atomic mass is 10.3. The monoisotopic (exact) mass is 197 g/mol. The molecule has 72 valence electrons. The van der Waals surface area contributed by atoms with Crippen molar-refractivity contribution in [3.8, 4) is 0 Å². The molecule has 0 fully saturated rings. The number of unbranched alkanes of at least 4 members (excludes halogenated alkanes) is 1. The van der Waals surface area contributed by atoms with Gasteiger partial charge in [-0.15, -0.1) is 0 Å². The van der Waals surface area contributed by atoms with Gasteiger partial charge in [-0.1, -0.05) is 13.3 Å². The van der Waals surface area contributed by atoms with Gasteiger partial charge in [0.05, 0.1) is 10.8 Å². The Kier molecular flexibility index (Phi) is 3.96. The molecule has 0 heterocycles. The third kappa shape index (κ3) is 3.19. The number of nitrogen functional groups attached to an aromatic ring is 1. The Bertz CT molecular complexity index is 281. The molecule has 0 spiro atoms. The van der Waals surface area contributed by atoms with E-state index < -0.39 is 10.8 Å².